The molecule has 6 heteroatoms. The standard InChI is InChI=1S/C13H15BN4O/c1-17(11-5-3-4-9(14)6-11)8-10-7-12(19)18(2)13(15)16-10/h3-7H,8H2,1-2H3,(H2,15,16). The molecule has 2 radical (unpaired) electrons. The van der Waals surface area contributed by atoms with Gasteiger partial charge in [-0.15, -0.1) is 0 Å². The van der Waals surface area contributed by atoms with Gasteiger partial charge in [0.25, 0.3) is 5.56 Å². The van der Waals surface area contributed by atoms with Crippen LogP contribution in [0.3, 0.4) is 0 Å². The molecule has 2 aromatic rings. The number of hydrogen-bond donors (Lipinski definition) is 1. The zero-order valence-corrected chi connectivity index (χ0v) is 11.0. The van der Waals surface area contributed by atoms with Crippen LogP contribution in [-0.4, -0.2) is 24.4 Å². The largest absolute Gasteiger partial charge is 0.369 e. The maximum atomic E-state index is 11.6. The molecular weight excluding hydrogens is 239 g/mol. The summed E-state index contributed by atoms with van der Waals surface area (Å²) >= 11 is 0. The van der Waals surface area contributed by atoms with Crippen LogP contribution < -0.4 is 21.7 Å². The highest BCUT2D eigenvalue weighted by molar-refractivity contribution is 6.32. The van der Waals surface area contributed by atoms with Gasteiger partial charge in [-0.2, -0.15) is 0 Å². The van der Waals surface area contributed by atoms with E-state index in [0.29, 0.717) is 17.7 Å². The summed E-state index contributed by atoms with van der Waals surface area (Å²) in [6.45, 7) is 0.490. The first-order chi connectivity index (χ1) is 8.97. The molecule has 1 heterocycles. The predicted octanol–water partition coefficient (Wildman–Crippen LogP) is -0.207. The monoisotopic (exact) mass is 254 g/mol. The lowest BCUT2D eigenvalue weighted by Crippen LogP contribution is -2.25. The predicted molar refractivity (Wildman–Crippen MR) is 77.8 cm³/mol. The summed E-state index contributed by atoms with van der Waals surface area (Å²) in [5.41, 5.74) is 7.79. The average molecular weight is 254 g/mol. The van der Waals surface area contributed by atoms with E-state index in [1.807, 2.05) is 36.2 Å². The second-order valence-electron chi connectivity index (χ2n) is 4.45. The molecule has 0 spiro atoms. The van der Waals surface area contributed by atoms with Gasteiger partial charge in [0.05, 0.1) is 12.2 Å². The summed E-state index contributed by atoms with van der Waals surface area (Å²) in [7, 11) is 9.24. The highest BCUT2D eigenvalue weighted by Crippen LogP contribution is 2.12. The summed E-state index contributed by atoms with van der Waals surface area (Å²) in [5.74, 6) is 0.212. The van der Waals surface area contributed by atoms with Crippen molar-refractivity contribution in [1.29, 1.82) is 0 Å². The lowest BCUT2D eigenvalue weighted by molar-refractivity contribution is 0.801. The second kappa shape index (κ2) is 5.18. The third-order valence-corrected chi connectivity index (χ3v) is 2.93. The van der Waals surface area contributed by atoms with Crippen molar-refractivity contribution >= 4 is 24.9 Å². The minimum atomic E-state index is -0.163. The molecule has 0 unspecified atom stereocenters. The van der Waals surface area contributed by atoms with Crippen molar-refractivity contribution in [1.82, 2.24) is 9.55 Å². The number of nitrogens with zero attached hydrogens (tertiary/aromatic N) is 3. The molecule has 0 bridgehead atoms. The number of benzene rings is 1. The normalized spacial score (nSPS) is 10.4. The Bertz CT molecular complexity index is 653. The van der Waals surface area contributed by atoms with Crippen LogP contribution >= 0.6 is 0 Å². The Balaban J connectivity index is 2.24. The van der Waals surface area contributed by atoms with Crippen molar-refractivity contribution in [3.8, 4) is 0 Å². The fraction of sp³-hybridized carbons (Fsp3) is 0.231. The molecule has 0 saturated carbocycles. The van der Waals surface area contributed by atoms with Crippen LogP contribution in [0.2, 0.25) is 0 Å². The van der Waals surface area contributed by atoms with Crippen LogP contribution in [0.15, 0.2) is 35.1 Å². The third kappa shape index (κ3) is 2.96. The smallest absolute Gasteiger partial charge is 0.254 e. The van der Waals surface area contributed by atoms with Gasteiger partial charge < -0.3 is 10.6 Å². The van der Waals surface area contributed by atoms with Gasteiger partial charge in [-0.05, 0) is 12.1 Å². The lowest BCUT2D eigenvalue weighted by Gasteiger charge is -2.19. The third-order valence-electron chi connectivity index (χ3n) is 2.93. The van der Waals surface area contributed by atoms with Gasteiger partial charge in [-0.3, -0.25) is 9.36 Å². The van der Waals surface area contributed by atoms with E-state index in [9.17, 15) is 4.79 Å². The molecule has 2 rings (SSSR count). The number of nitrogens with two attached hydrogens (primary N) is 1. The molecule has 0 saturated heterocycles. The van der Waals surface area contributed by atoms with Crippen LogP contribution in [0.25, 0.3) is 0 Å². The first-order valence-electron chi connectivity index (χ1n) is 5.86. The molecule has 0 fully saturated rings. The summed E-state index contributed by atoms with van der Waals surface area (Å²) in [6.07, 6.45) is 0. The van der Waals surface area contributed by atoms with Crippen LogP contribution in [0.5, 0.6) is 0 Å². The first kappa shape index (κ1) is 13.2. The van der Waals surface area contributed by atoms with Crippen LogP contribution in [0.1, 0.15) is 5.69 Å². The maximum Gasteiger partial charge on any atom is 0.254 e. The Morgan fingerprint density at radius 3 is 2.79 bits per heavy atom. The Morgan fingerprint density at radius 1 is 1.42 bits per heavy atom. The number of anilines is 2. The Hall–Kier alpha value is -2.24. The fourth-order valence-corrected chi connectivity index (χ4v) is 1.78. The summed E-state index contributed by atoms with van der Waals surface area (Å²) < 4.78 is 1.31. The molecule has 2 N–H and O–H groups in total. The Morgan fingerprint density at radius 2 is 2.16 bits per heavy atom. The molecule has 0 amide bonds. The van der Waals surface area contributed by atoms with E-state index in [4.69, 9.17) is 13.6 Å². The minimum Gasteiger partial charge on any atom is -0.369 e. The van der Waals surface area contributed by atoms with Gasteiger partial charge in [0, 0.05) is 25.8 Å². The van der Waals surface area contributed by atoms with E-state index in [1.54, 1.807) is 7.05 Å². The highest BCUT2D eigenvalue weighted by atomic mass is 16.1. The highest BCUT2D eigenvalue weighted by Gasteiger charge is 2.06. The Labute approximate surface area is 113 Å². The van der Waals surface area contributed by atoms with Gasteiger partial charge in [0.15, 0.2) is 0 Å². The van der Waals surface area contributed by atoms with Gasteiger partial charge in [0.2, 0.25) is 5.95 Å². The van der Waals surface area contributed by atoms with Crippen molar-refractivity contribution in [2.75, 3.05) is 17.7 Å². The summed E-state index contributed by atoms with van der Waals surface area (Å²) in [6, 6.07) is 9.00. The van der Waals surface area contributed by atoms with Gasteiger partial charge in [0.1, 0.15) is 7.85 Å². The number of rotatable bonds is 3. The Kier molecular flexibility index (Phi) is 3.60. The second-order valence-corrected chi connectivity index (χ2v) is 4.45. The summed E-state index contributed by atoms with van der Waals surface area (Å²) in [4.78, 5) is 17.8. The molecule has 1 aromatic carbocycles. The summed E-state index contributed by atoms with van der Waals surface area (Å²) in [5, 5.41) is 0. The van der Waals surface area contributed by atoms with Crippen molar-refractivity contribution in [2.45, 2.75) is 6.54 Å². The van der Waals surface area contributed by atoms with Crippen molar-refractivity contribution in [3.63, 3.8) is 0 Å². The molecule has 0 aliphatic heterocycles. The zero-order chi connectivity index (χ0) is 14.0. The molecule has 0 aliphatic carbocycles. The molecule has 19 heavy (non-hydrogen) atoms. The molecule has 0 aliphatic rings. The van der Waals surface area contributed by atoms with Crippen LogP contribution in [-0.2, 0) is 13.6 Å². The number of nitrogen functional groups attached to an aromatic ring is 1. The lowest BCUT2D eigenvalue weighted by atomic mass is 9.96. The number of aromatic nitrogens is 2. The van der Waals surface area contributed by atoms with Crippen LogP contribution in [0, 0.1) is 0 Å². The van der Waals surface area contributed by atoms with E-state index in [-0.39, 0.29) is 11.5 Å². The topological polar surface area (TPSA) is 64.2 Å². The SMILES string of the molecule is [B]c1cccc(N(C)Cc2cc(=O)n(C)c(N)n2)c1. The minimum absolute atomic E-state index is 0.163. The molecule has 5 nitrogen and oxygen atoms in total. The van der Waals surface area contributed by atoms with E-state index in [0.717, 1.165) is 5.69 Å². The van der Waals surface area contributed by atoms with Gasteiger partial charge in [-0.1, -0.05) is 17.6 Å². The van der Waals surface area contributed by atoms with Gasteiger partial charge in [-0.25, -0.2) is 4.98 Å². The molecular formula is C13H15BN4O. The van der Waals surface area contributed by atoms with E-state index < -0.39 is 0 Å². The quantitative estimate of drug-likeness (QED) is 0.770. The van der Waals surface area contributed by atoms with E-state index >= 15 is 0 Å². The van der Waals surface area contributed by atoms with Gasteiger partial charge >= 0.3 is 0 Å². The number of hydrogen-bond acceptors (Lipinski definition) is 4. The molecule has 0 atom stereocenters. The molecule has 96 valence electrons. The van der Waals surface area contributed by atoms with Crippen LogP contribution in [0.4, 0.5) is 11.6 Å². The average Bonchev–Trinajstić information content (AvgIpc) is 2.36. The first-order valence-corrected chi connectivity index (χ1v) is 5.86. The maximum absolute atomic E-state index is 11.6. The fourth-order valence-electron chi connectivity index (χ4n) is 1.78. The van der Waals surface area contributed by atoms with E-state index in [1.165, 1.54) is 10.6 Å². The van der Waals surface area contributed by atoms with Crippen molar-refractivity contribution in [3.05, 3.63) is 46.4 Å². The van der Waals surface area contributed by atoms with Crippen molar-refractivity contribution in [2.24, 2.45) is 7.05 Å². The zero-order valence-electron chi connectivity index (χ0n) is 11.0. The van der Waals surface area contributed by atoms with Crippen molar-refractivity contribution < 1.29 is 0 Å². The van der Waals surface area contributed by atoms with E-state index in [2.05, 4.69) is 4.98 Å². The molecule has 1 aromatic heterocycles.